The van der Waals surface area contributed by atoms with E-state index in [0.717, 1.165) is 18.9 Å². The fourth-order valence-corrected chi connectivity index (χ4v) is 2.64. The van der Waals surface area contributed by atoms with Crippen molar-refractivity contribution >= 4 is 11.7 Å². The molecule has 1 aliphatic heterocycles. The summed E-state index contributed by atoms with van der Waals surface area (Å²) in [6.45, 7) is 2.79. The second-order valence-electron chi connectivity index (χ2n) is 5.32. The van der Waals surface area contributed by atoms with Crippen LogP contribution in [0.15, 0.2) is 48.7 Å². The van der Waals surface area contributed by atoms with Crippen molar-refractivity contribution in [3.63, 3.8) is 0 Å². The molecule has 0 aliphatic carbocycles. The van der Waals surface area contributed by atoms with Crippen LogP contribution in [-0.4, -0.2) is 42.0 Å². The topological polar surface area (TPSA) is 36.4 Å². The van der Waals surface area contributed by atoms with E-state index in [2.05, 4.69) is 9.88 Å². The molecule has 0 N–H and O–H groups in total. The summed E-state index contributed by atoms with van der Waals surface area (Å²) >= 11 is 0. The Kier molecular flexibility index (Phi) is 4.32. The summed E-state index contributed by atoms with van der Waals surface area (Å²) in [6, 6.07) is 12.3. The third-order valence-corrected chi connectivity index (χ3v) is 3.91. The summed E-state index contributed by atoms with van der Waals surface area (Å²) in [5.74, 6) is 0.595. The molecule has 0 spiro atoms. The standard InChI is InChI=1S/C17H18FN3O/c18-15-6-2-1-5-14(15)13-17(22)21-11-9-20(10-12-21)16-7-3-4-8-19-16/h1-8H,9-13H2. The zero-order chi connectivity index (χ0) is 15.4. The van der Waals surface area contributed by atoms with Crippen LogP contribution in [-0.2, 0) is 11.2 Å². The summed E-state index contributed by atoms with van der Waals surface area (Å²) < 4.78 is 13.6. The maximum atomic E-state index is 13.6. The molecule has 1 aromatic carbocycles. The van der Waals surface area contributed by atoms with E-state index in [1.165, 1.54) is 6.07 Å². The lowest BCUT2D eigenvalue weighted by molar-refractivity contribution is -0.130. The van der Waals surface area contributed by atoms with Gasteiger partial charge in [-0.3, -0.25) is 4.79 Å². The molecule has 0 saturated carbocycles. The number of pyridine rings is 1. The van der Waals surface area contributed by atoms with E-state index in [4.69, 9.17) is 0 Å². The largest absolute Gasteiger partial charge is 0.353 e. The number of nitrogens with zero attached hydrogens (tertiary/aromatic N) is 3. The van der Waals surface area contributed by atoms with Crippen molar-refractivity contribution < 1.29 is 9.18 Å². The number of carbonyl (C=O) groups is 1. The Labute approximate surface area is 129 Å². The Morgan fingerprint density at radius 1 is 1.05 bits per heavy atom. The fourth-order valence-electron chi connectivity index (χ4n) is 2.64. The first-order valence-corrected chi connectivity index (χ1v) is 7.41. The summed E-state index contributed by atoms with van der Waals surface area (Å²) in [4.78, 5) is 20.6. The van der Waals surface area contributed by atoms with Crippen molar-refractivity contribution in [3.05, 3.63) is 60.0 Å². The van der Waals surface area contributed by atoms with Gasteiger partial charge in [0.2, 0.25) is 5.91 Å². The van der Waals surface area contributed by atoms with Crippen LogP contribution in [0.3, 0.4) is 0 Å². The summed E-state index contributed by atoms with van der Waals surface area (Å²) in [6.07, 6.45) is 1.89. The van der Waals surface area contributed by atoms with Crippen LogP contribution < -0.4 is 4.90 Å². The highest BCUT2D eigenvalue weighted by Gasteiger charge is 2.22. The van der Waals surface area contributed by atoms with Crippen molar-refractivity contribution in [2.45, 2.75) is 6.42 Å². The van der Waals surface area contributed by atoms with Crippen molar-refractivity contribution in [1.82, 2.24) is 9.88 Å². The number of hydrogen-bond acceptors (Lipinski definition) is 3. The molecule has 1 saturated heterocycles. The molecule has 0 bridgehead atoms. The second kappa shape index (κ2) is 6.56. The summed E-state index contributed by atoms with van der Waals surface area (Å²) in [5.41, 5.74) is 0.458. The molecule has 1 aliphatic rings. The number of aromatic nitrogens is 1. The molecule has 2 aromatic rings. The van der Waals surface area contributed by atoms with Gasteiger partial charge in [0.25, 0.3) is 0 Å². The molecule has 4 nitrogen and oxygen atoms in total. The van der Waals surface area contributed by atoms with Gasteiger partial charge in [-0.2, -0.15) is 0 Å². The summed E-state index contributed by atoms with van der Waals surface area (Å²) in [5, 5.41) is 0. The lowest BCUT2D eigenvalue weighted by Crippen LogP contribution is -2.49. The molecule has 3 rings (SSSR count). The first-order chi connectivity index (χ1) is 10.7. The highest BCUT2D eigenvalue weighted by Crippen LogP contribution is 2.14. The Morgan fingerprint density at radius 2 is 1.77 bits per heavy atom. The van der Waals surface area contributed by atoms with Crippen LogP contribution in [0.25, 0.3) is 0 Å². The molecule has 2 heterocycles. The Hall–Kier alpha value is -2.43. The van der Waals surface area contributed by atoms with E-state index in [1.807, 2.05) is 18.2 Å². The number of rotatable bonds is 3. The van der Waals surface area contributed by atoms with Gasteiger partial charge >= 0.3 is 0 Å². The Balaban J connectivity index is 1.57. The maximum absolute atomic E-state index is 13.6. The van der Waals surface area contributed by atoms with E-state index in [-0.39, 0.29) is 18.1 Å². The number of hydrogen-bond donors (Lipinski definition) is 0. The number of piperazine rings is 1. The average Bonchev–Trinajstić information content (AvgIpc) is 2.58. The zero-order valence-corrected chi connectivity index (χ0v) is 12.3. The van der Waals surface area contributed by atoms with E-state index >= 15 is 0 Å². The molecule has 114 valence electrons. The molecule has 1 amide bonds. The van der Waals surface area contributed by atoms with Crippen LogP contribution >= 0.6 is 0 Å². The average molecular weight is 299 g/mol. The molecular weight excluding hydrogens is 281 g/mol. The van der Waals surface area contributed by atoms with Gasteiger partial charge in [-0.25, -0.2) is 9.37 Å². The minimum atomic E-state index is -0.317. The fraction of sp³-hybridized carbons (Fsp3) is 0.294. The SMILES string of the molecule is O=C(Cc1ccccc1F)N1CCN(c2ccccn2)CC1. The van der Waals surface area contributed by atoms with Gasteiger partial charge in [0.05, 0.1) is 6.42 Å². The van der Waals surface area contributed by atoms with Crippen molar-refractivity contribution in [2.75, 3.05) is 31.1 Å². The molecule has 0 atom stereocenters. The molecule has 1 fully saturated rings. The minimum absolute atomic E-state index is 0.0224. The van der Waals surface area contributed by atoms with Gasteiger partial charge in [-0.05, 0) is 23.8 Å². The first-order valence-electron chi connectivity index (χ1n) is 7.41. The third kappa shape index (κ3) is 3.24. The van der Waals surface area contributed by atoms with Gasteiger partial charge in [0.1, 0.15) is 11.6 Å². The van der Waals surface area contributed by atoms with Crippen LogP contribution in [0.1, 0.15) is 5.56 Å². The van der Waals surface area contributed by atoms with Gasteiger partial charge < -0.3 is 9.80 Å². The highest BCUT2D eigenvalue weighted by atomic mass is 19.1. The van der Waals surface area contributed by atoms with E-state index < -0.39 is 0 Å². The van der Waals surface area contributed by atoms with E-state index in [9.17, 15) is 9.18 Å². The number of carbonyl (C=O) groups excluding carboxylic acids is 1. The number of halogens is 1. The zero-order valence-electron chi connectivity index (χ0n) is 12.3. The summed E-state index contributed by atoms with van der Waals surface area (Å²) in [7, 11) is 0. The number of amides is 1. The lowest BCUT2D eigenvalue weighted by Gasteiger charge is -2.35. The van der Waals surface area contributed by atoms with Crippen LogP contribution in [0.2, 0.25) is 0 Å². The lowest BCUT2D eigenvalue weighted by atomic mass is 10.1. The van der Waals surface area contributed by atoms with Crippen molar-refractivity contribution in [2.24, 2.45) is 0 Å². The highest BCUT2D eigenvalue weighted by molar-refractivity contribution is 5.79. The molecule has 1 aromatic heterocycles. The van der Waals surface area contributed by atoms with E-state index in [0.29, 0.717) is 18.7 Å². The molecule has 0 radical (unpaired) electrons. The third-order valence-electron chi connectivity index (χ3n) is 3.91. The first kappa shape index (κ1) is 14.5. The minimum Gasteiger partial charge on any atom is -0.353 e. The molecular formula is C17H18FN3O. The maximum Gasteiger partial charge on any atom is 0.227 e. The van der Waals surface area contributed by atoms with Gasteiger partial charge in [-0.15, -0.1) is 0 Å². The van der Waals surface area contributed by atoms with Gasteiger partial charge in [0.15, 0.2) is 0 Å². The number of anilines is 1. The number of benzene rings is 1. The normalized spacial score (nSPS) is 15.0. The quantitative estimate of drug-likeness (QED) is 0.871. The predicted molar refractivity (Wildman–Crippen MR) is 83.1 cm³/mol. The second-order valence-corrected chi connectivity index (χ2v) is 5.32. The Bertz CT molecular complexity index is 639. The van der Waals surface area contributed by atoms with Gasteiger partial charge in [0, 0.05) is 32.4 Å². The van der Waals surface area contributed by atoms with E-state index in [1.54, 1.807) is 29.3 Å². The molecule has 0 unspecified atom stereocenters. The van der Waals surface area contributed by atoms with Crippen molar-refractivity contribution in [3.8, 4) is 0 Å². The predicted octanol–water partition coefficient (Wildman–Crippen LogP) is 2.11. The van der Waals surface area contributed by atoms with Crippen LogP contribution in [0.5, 0.6) is 0 Å². The van der Waals surface area contributed by atoms with Crippen molar-refractivity contribution in [1.29, 1.82) is 0 Å². The van der Waals surface area contributed by atoms with Crippen LogP contribution in [0, 0.1) is 5.82 Å². The van der Waals surface area contributed by atoms with Gasteiger partial charge in [-0.1, -0.05) is 24.3 Å². The smallest absolute Gasteiger partial charge is 0.227 e. The van der Waals surface area contributed by atoms with Crippen LogP contribution in [0.4, 0.5) is 10.2 Å². The Morgan fingerprint density at radius 3 is 2.45 bits per heavy atom. The molecule has 5 heteroatoms. The monoisotopic (exact) mass is 299 g/mol. The molecule has 22 heavy (non-hydrogen) atoms.